The van der Waals surface area contributed by atoms with Crippen molar-refractivity contribution in [3.63, 3.8) is 0 Å². The van der Waals surface area contributed by atoms with Gasteiger partial charge in [0.1, 0.15) is 10.6 Å². The van der Waals surface area contributed by atoms with Gasteiger partial charge in [-0.25, -0.2) is 9.19 Å². The minimum atomic E-state index is -4.88. The Hall–Kier alpha value is -1.67. The zero-order valence-corrected chi connectivity index (χ0v) is 12.0. The molecule has 9 heteroatoms. The van der Waals surface area contributed by atoms with E-state index in [0.29, 0.717) is 5.15 Å². The van der Waals surface area contributed by atoms with E-state index in [1.807, 2.05) is 0 Å². The van der Waals surface area contributed by atoms with Gasteiger partial charge in [-0.2, -0.15) is 17.6 Å². The maximum Gasteiger partial charge on any atom is 0.492 e. The number of rotatable bonds is 3. The maximum absolute atomic E-state index is 12.3. The zero-order valence-electron chi connectivity index (χ0n) is 10.4. The van der Waals surface area contributed by atoms with Gasteiger partial charge < -0.3 is 4.57 Å². The molecule has 0 bridgehead atoms. The largest absolute Gasteiger partial charge is 0.492 e. The molecule has 112 valence electrons. The molecule has 2 aromatic rings. The minimum absolute atomic E-state index is 0.0388. The molecule has 0 aliphatic rings. The van der Waals surface area contributed by atoms with Crippen molar-refractivity contribution in [1.29, 1.82) is 0 Å². The minimum Gasteiger partial charge on any atom is -0.328 e. The van der Waals surface area contributed by atoms with Gasteiger partial charge in [0.25, 0.3) is 0 Å². The number of alkyl halides is 3. The Labute approximate surface area is 125 Å². The van der Waals surface area contributed by atoms with Gasteiger partial charge in [-0.3, -0.25) is 0 Å². The van der Waals surface area contributed by atoms with Gasteiger partial charge in [-0.1, -0.05) is 23.7 Å². The summed E-state index contributed by atoms with van der Waals surface area (Å²) in [6.45, 7) is 0.235. The third-order valence-electron chi connectivity index (χ3n) is 2.43. The van der Waals surface area contributed by atoms with E-state index < -0.39 is 16.5 Å². The summed E-state index contributed by atoms with van der Waals surface area (Å²) in [7, 11) is -3.29. The highest BCUT2D eigenvalue weighted by atomic mass is 35.5. The average Bonchev–Trinajstić information content (AvgIpc) is 2.42. The molecule has 0 aliphatic heterocycles. The summed E-state index contributed by atoms with van der Waals surface area (Å²) in [4.78, 5) is 3.89. The lowest BCUT2D eigenvalue weighted by Gasteiger charge is -2.07. The lowest BCUT2D eigenvalue weighted by atomic mass is 10.3. The molecule has 0 radical (unpaired) electrons. The van der Waals surface area contributed by atoms with Crippen LogP contribution >= 0.6 is 11.6 Å². The van der Waals surface area contributed by atoms with Crippen LogP contribution in [0.25, 0.3) is 0 Å². The van der Waals surface area contributed by atoms with Crippen molar-refractivity contribution in [3.8, 4) is 0 Å². The van der Waals surface area contributed by atoms with Crippen LogP contribution < -0.4 is 5.49 Å². The zero-order chi connectivity index (χ0) is 15.5. The molecule has 1 atom stereocenters. The van der Waals surface area contributed by atoms with Crippen molar-refractivity contribution in [2.24, 2.45) is 4.40 Å². The SMILES string of the molecule is O=S(/N=c1\ccccn1Cc1ccc(Cl)nc1)C(F)(F)F. The van der Waals surface area contributed by atoms with Crippen LogP contribution in [0.4, 0.5) is 13.2 Å². The van der Waals surface area contributed by atoms with Crippen LogP contribution in [0.3, 0.4) is 0 Å². The lowest BCUT2D eigenvalue weighted by Crippen LogP contribution is -2.24. The smallest absolute Gasteiger partial charge is 0.328 e. The first-order valence-electron chi connectivity index (χ1n) is 5.65. The molecular weight excluding hydrogens is 327 g/mol. The number of aromatic nitrogens is 2. The van der Waals surface area contributed by atoms with E-state index in [1.165, 1.54) is 22.9 Å². The van der Waals surface area contributed by atoms with E-state index in [0.717, 1.165) is 5.56 Å². The third-order valence-corrected chi connectivity index (χ3v) is 3.41. The van der Waals surface area contributed by atoms with Crippen molar-refractivity contribution in [3.05, 3.63) is 58.9 Å². The monoisotopic (exact) mass is 335 g/mol. The topological polar surface area (TPSA) is 47.2 Å². The molecule has 2 heterocycles. The van der Waals surface area contributed by atoms with Crippen LogP contribution in [0, 0.1) is 0 Å². The first kappa shape index (κ1) is 15.7. The summed E-state index contributed by atoms with van der Waals surface area (Å²) < 4.78 is 52.6. The van der Waals surface area contributed by atoms with Crippen molar-refractivity contribution in [2.75, 3.05) is 0 Å². The Morgan fingerprint density at radius 1 is 1.29 bits per heavy atom. The van der Waals surface area contributed by atoms with E-state index in [9.17, 15) is 17.4 Å². The van der Waals surface area contributed by atoms with Gasteiger partial charge in [0.2, 0.25) is 11.0 Å². The van der Waals surface area contributed by atoms with Gasteiger partial charge in [0.05, 0.1) is 6.54 Å². The fraction of sp³-hybridized carbons (Fsp3) is 0.167. The molecule has 0 aromatic carbocycles. The number of hydrogen-bond acceptors (Lipinski definition) is 2. The second-order valence-corrected chi connectivity index (χ2v) is 5.49. The highest BCUT2D eigenvalue weighted by molar-refractivity contribution is 7.84. The molecule has 21 heavy (non-hydrogen) atoms. The highest BCUT2D eigenvalue weighted by Gasteiger charge is 2.37. The Morgan fingerprint density at radius 2 is 2.05 bits per heavy atom. The second kappa shape index (κ2) is 6.40. The molecule has 0 amide bonds. The first-order chi connectivity index (χ1) is 9.86. The summed E-state index contributed by atoms with van der Waals surface area (Å²) in [5, 5.41) is 0.319. The van der Waals surface area contributed by atoms with Crippen LogP contribution in [-0.4, -0.2) is 19.3 Å². The third kappa shape index (κ3) is 4.40. The quantitative estimate of drug-likeness (QED) is 0.810. The Kier molecular flexibility index (Phi) is 4.79. The van der Waals surface area contributed by atoms with Crippen LogP contribution in [-0.2, 0) is 17.5 Å². The Bertz CT molecular complexity index is 713. The van der Waals surface area contributed by atoms with E-state index in [2.05, 4.69) is 9.38 Å². The molecule has 0 saturated heterocycles. The Balaban J connectivity index is 2.35. The molecule has 0 fully saturated rings. The van der Waals surface area contributed by atoms with Gasteiger partial charge in [0.15, 0.2) is 0 Å². The maximum atomic E-state index is 12.3. The van der Waals surface area contributed by atoms with Crippen LogP contribution in [0.2, 0.25) is 5.15 Å². The first-order valence-corrected chi connectivity index (χ1v) is 7.14. The number of pyridine rings is 2. The van der Waals surface area contributed by atoms with Gasteiger partial charge >= 0.3 is 5.51 Å². The highest BCUT2D eigenvalue weighted by Crippen LogP contribution is 2.20. The summed E-state index contributed by atoms with van der Waals surface area (Å²) in [6, 6.07) is 7.78. The fourth-order valence-electron chi connectivity index (χ4n) is 1.52. The van der Waals surface area contributed by atoms with Gasteiger partial charge in [-0.15, -0.1) is 0 Å². The van der Waals surface area contributed by atoms with E-state index in [4.69, 9.17) is 11.6 Å². The average molecular weight is 336 g/mol. The second-order valence-electron chi connectivity index (χ2n) is 3.96. The van der Waals surface area contributed by atoms with E-state index in [1.54, 1.807) is 24.4 Å². The summed E-state index contributed by atoms with van der Waals surface area (Å²) in [5.41, 5.74) is -4.19. The lowest BCUT2D eigenvalue weighted by molar-refractivity contribution is -0.0385. The molecule has 0 saturated carbocycles. The standard InChI is InChI=1S/C12H9ClF3N3OS/c13-10-5-4-9(7-17-10)8-19-6-2-1-3-11(19)18-21(20)12(14,15)16/h1-7H,8H2/b18-11+. The molecule has 1 unspecified atom stereocenters. The predicted octanol–water partition coefficient (Wildman–Crippen LogP) is 2.67. The van der Waals surface area contributed by atoms with Gasteiger partial charge in [0, 0.05) is 12.4 Å². The van der Waals surface area contributed by atoms with E-state index in [-0.39, 0.29) is 12.0 Å². The molecule has 0 spiro atoms. The summed E-state index contributed by atoms with van der Waals surface area (Å²) >= 11 is 5.66. The van der Waals surface area contributed by atoms with Crippen molar-refractivity contribution < 1.29 is 17.4 Å². The predicted molar refractivity (Wildman–Crippen MR) is 72.5 cm³/mol. The van der Waals surface area contributed by atoms with Crippen molar-refractivity contribution in [2.45, 2.75) is 12.1 Å². The Morgan fingerprint density at radius 3 is 2.67 bits per heavy atom. The molecule has 2 aromatic heterocycles. The fourth-order valence-corrected chi connectivity index (χ4v) is 2.07. The molecule has 2 rings (SSSR count). The van der Waals surface area contributed by atoms with Crippen LogP contribution in [0.1, 0.15) is 5.56 Å². The molecule has 4 nitrogen and oxygen atoms in total. The van der Waals surface area contributed by atoms with Gasteiger partial charge in [-0.05, 0) is 23.8 Å². The summed E-state index contributed by atoms with van der Waals surface area (Å²) in [6.07, 6.45) is 3.05. The number of halogens is 4. The van der Waals surface area contributed by atoms with Crippen molar-refractivity contribution >= 4 is 22.6 Å². The summed E-state index contributed by atoms with van der Waals surface area (Å²) in [5.74, 6) is 0. The normalized spacial score (nSPS) is 14.2. The number of nitrogens with zero attached hydrogens (tertiary/aromatic N) is 3. The van der Waals surface area contributed by atoms with Crippen LogP contribution in [0.15, 0.2) is 47.1 Å². The number of hydrogen-bond donors (Lipinski definition) is 0. The van der Waals surface area contributed by atoms with Crippen molar-refractivity contribution in [1.82, 2.24) is 9.55 Å². The molecule has 0 aliphatic carbocycles. The van der Waals surface area contributed by atoms with Crippen LogP contribution in [0.5, 0.6) is 0 Å². The molecule has 0 N–H and O–H groups in total. The van der Waals surface area contributed by atoms with E-state index >= 15 is 0 Å². The molecular formula is C12H9ClF3N3OS.